The second kappa shape index (κ2) is 6.71. The third-order valence-corrected chi connectivity index (χ3v) is 12.8. The van der Waals surface area contributed by atoms with Gasteiger partial charge in [0.2, 0.25) is 0 Å². The quantitative estimate of drug-likeness (QED) is 0.364. The molecule has 168 valence electrons. The summed E-state index contributed by atoms with van der Waals surface area (Å²) in [5, 5.41) is -4.92. The van der Waals surface area contributed by atoms with Crippen molar-refractivity contribution in [1.29, 1.82) is 0 Å². The highest BCUT2D eigenvalue weighted by atomic mass is 32.2. The molecule has 29 heavy (non-hydrogen) atoms. The third kappa shape index (κ3) is 4.14. The number of ether oxygens (including phenoxy) is 1. The summed E-state index contributed by atoms with van der Waals surface area (Å²) in [6.07, 6.45) is 5.09. The van der Waals surface area contributed by atoms with Crippen molar-refractivity contribution in [2.24, 2.45) is 17.3 Å². The van der Waals surface area contributed by atoms with Crippen LogP contribution in [0.4, 0.5) is 8.78 Å². The highest BCUT2D eigenvalue weighted by Gasteiger charge is 2.61. The van der Waals surface area contributed by atoms with Crippen molar-refractivity contribution in [2.45, 2.75) is 88.3 Å². The van der Waals surface area contributed by atoms with E-state index in [2.05, 4.69) is 33.9 Å². The first-order valence-corrected chi connectivity index (χ1v) is 14.5. The molecule has 4 aliphatic rings. The average molecular weight is 455 g/mol. The average Bonchev–Trinajstić information content (AvgIpc) is 2.47. The Morgan fingerprint density at radius 1 is 1.14 bits per heavy atom. The summed E-state index contributed by atoms with van der Waals surface area (Å²) in [4.78, 5) is 11.7. The van der Waals surface area contributed by atoms with E-state index in [0.717, 1.165) is 32.1 Å². The Labute approximate surface area is 172 Å². The van der Waals surface area contributed by atoms with E-state index in [0.29, 0.717) is 18.3 Å². The summed E-state index contributed by atoms with van der Waals surface area (Å²) < 4.78 is 69.1. The fraction of sp³-hybridized carbons (Fsp3) is 0.947. The molecule has 0 aromatic rings. The normalized spacial score (nSPS) is 35.0. The Bertz CT molecular complexity index is 775. The van der Waals surface area contributed by atoms with E-state index < -0.39 is 35.1 Å². The number of rotatable bonds is 6. The molecule has 6 nitrogen and oxygen atoms in total. The molecule has 0 amide bonds. The van der Waals surface area contributed by atoms with E-state index in [1.165, 1.54) is 0 Å². The maximum Gasteiger partial charge on any atom is 0.465 e. The van der Waals surface area contributed by atoms with Gasteiger partial charge in [0.15, 0.2) is 8.32 Å². The Kier molecular flexibility index (Phi) is 5.34. The summed E-state index contributed by atoms with van der Waals surface area (Å²) in [5.41, 5.74) is -0.803. The van der Waals surface area contributed by atoms with Crippen molar-refractivity contribution >= 4 is 24.4 Å². The first-order valence-electron chi connectivity index (χ1n) is 10.1. The van der Waals surface area contributed by atoms with Gasteiger partial charge in [-0.05, 0) is 68.5 Å². The van der Waals surface area contributed by atoms with E-state index >= 15 is 0 Å². The highest BCUT2D eigenvalue weighted by Crippen LogP contribution is 2.64. The van der Waals surface area contributed by atoms with E-state index in [4.69, 9.17) is 13.7 Å². The van der Waals surface area contributed by atoms with Crippen LogP contribution < -0.4 is 0 Å². The van der Waals surface area contributed by atoms with Crippen LogP contribution in [0.25, 0.3) is 0 Å². The first-order chi connectivity index (χ1) is 12.9. The van der Waals surface area contributed by atoms with Crippen LogP contribution in [0.1, 0.15) is 59.3 Å². The minimum absolute atomic E-state index is 0.0352. The number of esters is 1. The topological polar surface area (TPSA) is 89.9 Å². The van der Waals surface area contributed by atoms with Crippen molar-refractivity contribution in [2.75, 3.05) is 6.61 Å². The minimum atomic E-state index is -5.86. The largest absolute Gasteiger partial charge is 0.465 e. The van der Waals surface area contributed by atoms with Gasteiger partial charge in [-0.1, -0.05) is 20.8 Å². The Morgan fingerprint density at radius 3 is 2.10 bits per heavy atom. The van der Waals surface area contributed by atoms with Crippen LogP contribution in [0, 0.1) is 17.3 Å². The van der Waals surface area contributed by atoms with Crippen LogP contribution in [0.2, 0.25) is 18.1 Å². The SMILES string of the molecule is CC(C)(C)[Si](C)(C)OC12CC3CC(CC(COC(=O)C(F)(F)S(=O)(=O)O)(C3)C1)C2. The predicted molar refractivity (Wildman–Crippen MR) is 106 cm³/mol. The van der Waals surface area contributed by atoms with Crippen LogP contribution in [0.15, 0.2) is 0 Å². The maximum absolute atomic E-state index is 13.6. The number of halogens is 2. The molecule has 0 saturated heterocycles. The van der Waals surface area contributed by atoms with Crippen LogP contribution in [0.3, 0.4) is 0 Å². The summed E-state index contributed by atoms with van der Waals surface area (Å²) >= 11 is 0. The minimum Gasteiger partial charge on any atom is -0.460 e. The molecule has 0 aromatic carbocycles. The second-order valence-corrected chi connectivity index (χ2v) is 17.3. The zero-order chi connectivity index (χ0) is 22.1. The lowest BCUT2D eigenvalue weighted by Gasteiger charge is -2.63. The van der Waals surface area contributed by atoms with Gasteiger partial charge in [0.1, 0.15) is 0 Å². The van der Waals surface area contributed by atoms with Gasteiger partial charge >= 0.3 is 21.3 Å². The molecule has 0 heterocycles. The van der Waals surface area contributed by atoms with Crippen molar-refractivity contribution < 1.29 is 35.7 Å². The molecular weight excluding hydrogens is 422 g/mol. The molecule has 10 heteroatoms. The van der Waals surface area contributed by atoms with Gasteiger partial charge in [-0.2, -0.15) is 17.2 Å². The molecule has 2 atom stereocenters. The summed E-state index contributed by atoms with van der Waals surface area (Å²) in [7, 11) is -7.92. The number of hydrogen-bond donors (Lipinski definition) is 1. The van der Waals surface area contributed by atoms with Gasteiger partial charge in [0, 0.05) is 5.41 Å². The number of alkyl halides is 2. The number of hydrogen-bond acceptors (Lipinski definition) is 5. The fourth-order valence-electron chi connectivity index (χ4n) is 5.76. The molecule has 2 unspecified atom stereocenters. The molecule has 0 aromatic heterocycles. The summed E-state index contributed by atoms with van der Waals surface area (Å²) in [5.74, 6) is -1.43. The standard InChI is InChI=1S/C19H32F2O6SSi/c1-16(2,3)29(4,5)27-18-9-13-6-14(10-18)8-17(7-13,11-18)12-26-15(22)19(20,21)28(23,24)25/h13-14H,6-12H2,1-5H3,(H,23,24,25). The van der Waals surface area contributed by atoms with Crippen molar-refractivity contribution in [3.8, 4) is 0 Å². The van der Waals surface area contributed by atoms with Gasteiger partial charge < -0.3 is 9.16 Å². The molecule has 4 saturated carbocycles. The van der Waals surface area contributed by atoms with Crippen LogP contribution in [-0.2, 0) is 24.1 Å². The van der Waals surface area contributed by atoms with E-state index in [1.807, 2.05) is 0 Å². The van der Waals surface area contributed by atoms with Crippen molar-refractivity contribution in [1.82, 2.24) is 0 Å². The molecule has 0 radical (unpaired) electrons. The van der Waals surface area contributed by atoms with Gasteiger partial charge in [0.05, 0.1) is 12.2 Å². The molecule has 1 N–H and O–H groups in total. The molecule has 0 aliphatic heterocycles. The van der Waals surface area contributed by atoms with Crippen LogP contribution in [-0.4, -0.2) is 44.7 Å². The highest BCUT2D eigenvalue weighted by molar-refractivity contribution is 7.87. The Balaban J connectivity index is 1.78. The zero-order valence-electron chi connectivity index (χ0n) is 17.8. The lowest BCUT2D eigenvalue weighted by molar-refractivity contribution is -0.189. The predicted octanol–water partition coefficient (Wildman–Crippen LogP) is 4.37. The van der Waals surface area contributed by atoms with Gasteiger partial charge in [0.25, 0.3) is 0 Å². The molecule has 4 aliphatic carbocycles. The number of carbonyl (C=O) groups excluding carboxylic acids is 1. The monoisotopic (exact) mass is 454 g/mol. The summed E-state index contributed by atoms with van der Waals surface area (Å²) in [6, 6.07) is 0. The zero-order valence-corrected chi connectivity index (χ0v) is 19.6. The van der Waals surface area contributed by atoms with Crippen LogP contribution in [0.5, 0.6) is 0 Å². The molecular formula is C19H32F2O6SSi. The van der Waals surface area contributed by atoms with Crippen molar-refractivity contribution in [3.05, 3.63) is 0 Å². The summed E-state index contributed by atoms with van der Waals surface area (Å²) in [6.45, 7) is 10.7. The third-order valence-electron chi connectivity index (χ3n) is 7.48. The van der Waals surface area contributed by atoms with Crippen LogP contribution >= 0.6 is 0 Å². The molecule has 4 bridgehead atoms. The van der Waals surface area contributed by atoms with E-state index in [-0.39, 0.29) is 17.2 Å². The first kappa shape index (κ1) is 23.1. The van der Waals surface area contributed by atoms with Gasteiger partial charge in [-0.25, -0.2) is 4.79 Å². The number of carbonyl (C=O) groups is 1. The molecule has 4 fully saturated rings. The maximum atomic E-state index is 13.6. The van der Waals surface area contributed by atoms with E-state index in [9.17, 15) is 22.0 Å². The van der Waals surface area contributed by atoms with Gasteiger partial charge in [-0.3, -0.25) is 4.55 Å². The molecule has 0 spiro atoms. The Hall–Kier alpha value is -0.583. The lowest BCUT2D eigenvalue weighted by atomic mass is 9.48. The Morgan fingerprint density at radius 2 is 1.66 bits per heavy atom. The molecule has 4 rings (SSSR count). The van der Waals surface area contributed by atoms with E-state index in [1.54, 1.807) is 0 Å². The smallest absolute Gasteiger partial charge is 0.460 e. The second-order valence-electron chi connectivity index (χ2n) is 11.1. The fourth-order valence-corrected chi connectivity index (χ4v) is 7.65. The van der Waals surface area contributed by atoms with Gasteiger partial charge in [-0.15, -0.1) is 0 Å². The van der Waals surface area contributed by atoms with Crippen molar-refractivity contribution in [3.63, 3.8) is 0 Å². The lowest BCUT2D eigenvalue weighted by Crippen LogP contribution is -2.62.